The van der Waals surface area contributed by atoms with Crippen LogP contribution >= 0.6 is 15.8 Å². The van der Waals surface area contributed by atoms with Crippen LogP contribution in [-0.2, 0) is 0 Å². The van der Waals surface area contributed by atoms with Gasteiger partial charge in [-0.3, -0.25) is 0 Å². The first kappa shape index (κ1) is 24.0. The normalized spacial score (nSPS) is 23.0. The molecule has 0 N–H and O–H groups in total. The molecule has 0 saturated heterocycles. The molecule has 2 fully saturated rings. The highest BCUT2D eigenvalue weighted by molar-refractivity contribution is 7.63. The van der Waals surface area contributed by atoms with E-state index in [9.17, 15) is 0 Å². The molecule has 166 valence electrons. The van der Waals surface area contributed by atoms with Crippen molar-refractivity contribution in [2.75, 3.05) is 6.16 Å². The van der Waals surface area contributed by atoms with Gasteiger partial charge in [-0.05, 0) is 77.2 Å². The van der Waals surface area contributed by atoms with Crippen molar-refractivity contribution in [2.45, 2.75) is 140 Å². The fourth-order valence-corrected chi connectivity index (χ4v) is 14.4. The average molecular weight is 435 g/mol. The number of hydrogen-bond acceptors (Lipinski definition) is 0. The second-order valence-electron chi connectivity index (χ2n) is 11.8. The topological polar surface area (TPSA) is 0 Å². The molecule has 0 atom stereocenters. The fraction of sp³-hybridized carbons (Fsp3) is 0.852. The number of allylic oxidation sites excluding steroid dienone is 4. The molecule has 0 heterocycles. The van der Waals surface area contributed by atoms with E-state index in [4.69, 9.17) is 0 Å². The Kier molecular flexibility index (Phi) is 8.53. The minimum atomic E-state index is 0.0129. The third-order valence-corrected chi connectivity index (χ3v) is 15.1. The smallest absolute Gasteiger partial charge is 0.00868 e. The maximum Gasteiger partial charge on any atom is -0.00868 e. The summed E-state index contributed by atoms with van der Waals surface area (Å²) >= 11 is 0. The Balaban J connectivity index is 1.81. The van der Waals surface area contributed by atoms with E-state index in [1.807, 2.05) is 5.31 Å². The molecule has 0 unspecified atom stereocenters. The molecule has 0 amide bonds. The lowest BCUT2D eigenvalue weighted by molar-refractivity contribution is 0.485. The molecule has 0 aliphatic heterocycles. The second-order valence-corrected chi connectivity index (χ2v) is 18.6. The molecule has 2 heteroatoms. The van der Waals surface area contributed by atoms with Crippen LogP contribution in [0.25, 0.3) is 0 Å². The molecule has 0 aromatic heterocycles. The molecule has 3 aliphatic rings. The Morgan fingerprint density at radius 3 is 1.69 bits per heavy atom. The lowest BCUT2D eigenvalue weighted by Gasteiger charge is -2.42. The van der Waals surface area contributed by atoms with Crippen molar-refractivity contribution >= 4 is 15.8 Å². The van der Waals surface area contributed by atoms with Gasteiger partial charge in [-0.1, -0.05) is 108 Å². The van der Waals surface area contributed by atoms with Crippen LogP contribution in [0.1, 0.15) is 119 Å². The van der Waals surface area contributed by atoms with Crippen LogP contribution in [0.15, 0.2) is 23.0 Å². The van der Waals surface area contributed by atoms with Crippen molar-refractivity contribution in [2.24, 2.45) is 0 Å². The van der Waals surface area contributed by atoms with E-state index in [1.165, 1.54) is 83.2 Å². The predicted molar refractivity (Wildman–Crippen MR) is 137 cm³/mol. The van der Waals surface area contributed by atoms with Crippen molar-refractivity contribution in [1.29, 1.82) is 0 Å². The van der Waals surface area contributed by atoms with Crippen LogP contribution in [0.2, 0.25) is 0 Å². The molecule has 0 spiro atoms. The standard InChI is InChI=1S/C27H48P2/c1-26(2,3)28(27(4,5)6)21-20-22-14-13-19-25(22)29(23-15-9-7-10-16-23)24-17-11-8-12-18-24/h13-14,23-24H,7-12,15-21H2,1-6H3. The molecular weight excluding hydrogens is 386 g/mol. The van der Waals surface area contributed by atoms with E-state index >= 15 is 0 Å². The lowest BCUT2D eigenvalue weighted by atomic mass is 9.99. The Bertz CT molecular complexity index is 543. The minimum absolute atomic E-state index is 0.0129. The highest BCUT2D eigenvalue weighted by Gasteiger charge is 2.37. The van der Waals surface area contributed by atoms with Crippen molar-refractivity contribution < 1.29 is 0 Å². The molecule has 29 heavy (non-hydrogen) atoms. The first-order valence-electron chi connectivity index (χ1n) is 12.6. The van der Waals surface area contributed by atoms with Crippen LogP contribution in [0.4, 0.5) is 0 Å². The first-order chi connectivity index (χ1) is 13.7. The SMILES string of the molecule is CC(C)(C)P(CCC1=C(P(C2CCCCC2)C2CCCCC2)CC=C1)C(C)(C)C. The van der Waals surface area contributed by atoms with Gasteiger partial charge in [0.1, 0.15) is 0 Å². The van der Waals surface area contributed by atoms with Crippen LogP contribution in [0.3, 0.4) is 0 Å². The molecule has 0 radical (unpaired) electrons. The summed E-state index contributed by atoms with van der Waals surface area (Å²) in [5.74, 6) is 0. The van der Waals surface area contributed by atoms with Gasteiger partial charge < -0.3 is 0 Å². The van der Waals surface area contributed by atoms with Crippen molar-refractivity contribution in [3.63, 3.8) is 0 Å². The van der Waals surface area contributed by atoms with Crippen molar-refractivity contribution in [1.82, 2.24) is 0 Å². The molecule has 0 bridgehead atoms. The monoisotopic (exact) mass is 434 g/mol. The van der Waals surface area contributed by atoms with E-state index < -0.39 is 0 Å². The highest BCUT2D eigenvalue weighted by atomic mass is 31.1. The van der Waals surface area contributed by atoms with Gasteiger partial charge in [0.25, 0.3) is 0 Å². The van der Waals surface area contributed by atoms with Crippen LogP contribution in [0, 0.1) is 0 Å². The molecule has 3 aliphatic carbocycles. The number of hydrogen-bond donors (Lipinski definition) is 0. The van der Waals surface area contributed by atoms with E-state index in [2.05, 4.69) is 53.7 Å². The van der Waals surface area contributed by atoms with Gasteiger partial charge in [0.05, 0.1) is 0 Å². The highest BCUT2D eigenvalue weighted by Crippen LogP contribution is 2.65. The Morgan fingerprint density at radius 2 is 1.24 bits per heavy atom. The van der Waals surface area contributed by atoms with E-state index in [-0.39, 0.29) is 15.8 Å². The van der Waals surface area contributed by atoms with Crippen LogP contribution in [-0.4, -0.2) is 27.8 Å². The Hall–Kier alpha value is 0.340. The lowest BCUT2D eigenvalue weighted by Crippen LogP contribution is -2.26. The molecule has 0 aromatic carbocycles. The predicted octanol–water partition coefficient (Wildman–Crippen LogP) is 9.82. The van der Waals surface area contributed by atoms with Crippen molar-refractivity contribution in [3.05, 3.63) is 23.0 Å². The molecule has 0 aromatic rings. The minimum Gasteiger partial charge on any atom is -0.0953 e. The zero-order chi connectivity index (χ0) is 21.1. The average Bonchev–Trinajstić information content (AvgIpc) is 3.10. The van der Waals surface area contributed by atoms with Crippen molar-refractivity contribution in [3.8, 4) is 0 Å². The maximum atomic E-state index is 2.56. The van der Waals surface area contributed by atoms with E-state index in [0.29, 0.717) is 10.3 Å². The largest absolute Gasteiger partial charge is 0.0953 e. The third-order valence-electron chi connectivity index (χ3n) is 7.47. The molecule has 0 nitrogen and oxygen atoms in total. The van der Waals surface area contributed by atoms with Gasteiger partial charge in [-0.2, -0.15) is 0 Å². The summed E-state index contributed by atoms with van der Waals surface area (Å²) < 4.78 is 0. The van der Waals surface area contributed by atoms with Gasteiger partial charge in [-0.15, -0.1) is 0 Å². The molecular formula is C27H48P2. The summed E-state index contributed by atoms with van der Waals surface area (Å²) in [6, 6.07) is 0. The van der Waals surface area contributed by atoms with E-state index in [0.717, 1.165) is 11.3 Å². The first-order valence-corrected chi connectivity index (χ1v) is 15.6. The Labute approximate surface area is 185 Å². The zero-order valence-corrected chi connectivity index (χ0v) is 22.2. The van der Waals surface area contributed by atoms with Gasteiger partial charge >= 0.3 is 0 Å². The summed E-state index contributed by atoms with van der Waals surface area (Å²) in [5.41, 5.74) is 3.91. The summed E-state index contributed by atoms with van der Waals surface area (Å²) in [5, 5.41) is 2.87. The molecule has 2 saturated carbocycles. The van der Waals surface area contributed by atoms with E-state index in [1.54, 1.807) is 5.57 Å². The second kappa shape index (κ2) is 10.3. The zero-order valence-electron chi connectivity index (χ0n) is 20.4. The van der Waals surface area contributed by atoms with Crippen LogP contribution in [0.5, 0.6) is 0 Å². The van der Waals surface area contributed by atoms with Gasteiger partial charge in [0.15, 0.2) is 0 Å². The number of rotatable bonds is 6. The summed E-state index contributed by atoms with van der Waals surface area (Å²) in [4.78, 5) is 0. The van der Waals surface area contributed by atoms with Gasteiger partial charge in [0, 0.05) is 0 Å². The fourth-order valence-electron chi connectivity index (χ4n) is 6.41. The summed E-state index contributed by atoms with van der Waals surface area (Å²) in [6.45, 7) is 14.9. The van der Waals surface area contributed by atoms with Gasteiger partial charge in [-0.25, -0.2) is 0 Å². The maximum absolute atomic E-state index is 2.56. The summed E-state index contributed by atoms with van der Waals surface area (Å²) in [7, 11) is 0.113. The Morgan fingerprint density at radius 1 is 0.759 bits per heavy atom. The molecule has 3 rings (SSSR count). The van der Waals surface area contributed by atoms with Gasteiger partial charge in [0.2, 0.25) is 0 Å². The quantitative estimate of drug-likeness (QED) is 0.365. The third kappa shape index (κ3) is 6.42. The summed E-state index contributed by atoms with van der Waals surface area (Å²) in [6.07, 6.45) is 24.3. The van der Waals surface area contributed by atoms with Crippen LogP contribution < -0.4 is 0 Å².